The van der Waals surface area contributed by atoms with Gasteiger partial charge in [0.1, 0.15) is 12.6 Å². The van der Waals surface area contributed by atoms with Gasteiger partial charge >= 0.3 is 18.0 Å². The average Bonchev–Trinajstić information content (AvgIpc) is 3.30. The summed E-state index contributed by atoms with van der Waals surface area (Å²) < 4.78 is 10.4. The van der Waals surface area contributed by atoms with E-state index >= 15 is 0 Å². The number of rotatable bonds is 5. The van der Waals surface area contributed by atoms with Crippen LogP contribution in [0.2, 0.25) is 0 Å². The quantitative estimate of drug-likeness (QED) is 0.698. The van der Waals surface area contributed by atoms with Crippen LogP contribution in [0, 0.1) is 0 Å². The van der Waals surface area contributed by atoms with Crippen molar-refractivity contribution in [2.75, 3.05) is 6.61 Å². The van der Waals surface area contributed by atoms with Crippen LogP contribution in [-0.4, -0.2) is 34.0 Å². The maximum absolute atomic E-state index is 12.2. The molecule has 1 aromatic heterocycles. The number of nitrogens with zero attached hydrogens (tertiary/aromatic N) is 2. The third kappa shape index (κ3) is 3.20. The molecular formula is C20H17N3O5. The first-order valence-corrected chi connectivity index (χ1v) is 8.73. The van der Waals surface area contributed by atoms with E-state index in [2.05, 4.69) is 27.6 Å². The lowest BCUT2D eigenvalue weighted by Crippen LogP contribution is -2.29. The first-order chi connectivity index (χ1) is 13.5. The molecule has 0 radical (unpaired) electrons. The molecule has 0 aliphatic heterocycles. The van der Waals surface area contributed by atoms with E-state index in [0.717, 1.165) is 22.3 Å². The first-order valence-electron chi connectivity index (χ1n) is 8.73. The molecule has 0 saturated heterocycles. The standard InChI is InChI=1S/C20H17N3O5/c1-11(17-22-23-18(28-17)19(24)25)21-20(26)27-10-16-14-8-4-2-6-12(14)13-7-3-5-9-15(13)16/h2-9,11,16H,10H2,1H3,(H,21,26)(H,24,25). The largest absolute Gasteiger partial charge is 0.474 e. The van der Waals surface area contributed by atoms with Gasteiger partial charge < -0.3 is 19.6 Å². The Bertz CT molecular complexity index is 1000. The van der Waals surface area contributed by atoms with Crippen LogP contribution in [-0.2, 0) is 4.74 Å². The van der Waals surface area contributed by atoms with Crippen LogP contribution in [0.5, 0.6) is 0 Å². The van der Waals surface area contributed by atoms with Crippen LogP contribution < -0.4 is 5.32 Å². The van der Waals surface area contributed by atoms with E-state index in [1.54, 1.807) is 6.92 Å². The van der Waals surface area contributed by atoms with E-state index in [1.807, 2.05) is 36.4 Å². The Balaban J connectivity index is 1.43. The van der Waals surface area contributed by atoms with Crippen molar-refractivity contribution in [2.24, 2.45) is 0 Å². The number of amides is 1. The van der Waals surface area contributed by atoms with Gasteiger partial charge in [-0.1, -0.05) is 48.5 Å². The Morgan fingerprint density at radius 3 is 2.29 bits per heavy atom. The lowest BCUT2D eigenvalue weighted by atomic mass is 9.98. The Morgan fingerprint density at radius 2 is 1.71 bits per heavy atom. The van der Waals surface area contributed by atoms with Gasteiger partial charge in [-0.15, -0.1) is 10.2 Å². The number of nitrogens with one attached hydrogen (secondary N) is 1. The first kappa shape index (κ1) is 17.7. The normalized spacial score (nSPS) is 13.5. The maximum atomic E-state index is 12.2. The molecular weight excluding hydrogens is 362 g/mol. The van der Waals surface area contributed by atoms with E-state index in [9.17, 15) is 9.59 Å². The van der Waals surface area contributed by atoms with E-state index in [1.165, 1.54) is 0 Å². The summed E-state index contributed by atoms with van der Waals surface area (Å²) in [5.74, 6) is -1.91. The lowest BCUT2D eigenvalue weighted by molar-refractivity contribution is 0.0651. The van der Waals surface area contributed by atoms with Gasteiger partial charge in [-0.05, 0) is 29.2 Å². The van der Waals surface area contributed by atoms with E-state index in [-0.39, 0.29) is 18.4 Å². The Kier molecular flexibility index (Phi) is 4.52. The summed E-state index contributed by atoms with van der Waals surface area (Å²) in [4.78, 5) is 23.0. The zero-order valence-electron chi connectivity index (χ0n) is 15.0. The number of carbonyl (C=O) groups is 2. The molecule has 1 amide bonds. The fourth-order valence-electron chi connectivity index (χ4n) is 3.37. The van der Waals surface area contributed by atoms with Crippen LogP contribution >= 0.6 is 0 Å². The number of aromatic carboxylic acids is 1. The topological polar surface area (TPSA) is 115 Å². The number of carboxylic acid groups (broad SMARTS) is 1. The third-order valence-corrected chi connectivity index (χ3v) is 4.67. The number of aromatic nitrogens is 2. The number of benzene rings is 2. The number of hydrogen-bond donors (Lipinski definition) is 2. The Morgan fingerprint density at radius 1 is 1.11 bits per heavy atom. The van der Waals surface area contributed by atoms with E-state index in [0.29, 0.717) is 0 Å². The summed E-state index contributed by atoms with van der Waals surface area (Å²) in [6, 6.07) is 15.4. The van der Waals surface area contributed by atoms with Crippen molar-refractivity contribution >= 4 is 12.1 Å². The Hall–Kier alpha value is -3.68. The van der Waals surface area contributed by atoms with Crippen molar-refractivity contribution < 1.29 is 23.8 Å². The van der Waals surface area contributed by atoms with Crippen molar-refractivity contribution in [3.8, 4) is 11.1 Å². The number of alkyl carbamates (subject to hydrolysis) is 1. The highest BCUT2D eigenvalue weighted by atomic mass is 16.5. The van der Waals surface area contributed by atoms with Gasteiger partial charge in [-0.25, -0.2) is 9.59 Å². The highest BCUT2D eigenvalue weighted by Gasteiger charge is 2.29. The molecule has 1 heterocycles. The summed E-state index contributed by atoms with van der Waals surface area (Å²) in [5.41, 5.74) is 4.53. The molecule has 3 aromatic rings. The average molecular weight is 379 g/mol. The fraction of sp³-hybridized carbons (Fsp3) is 0.200. The highest BCUT2D eigenvalue weighted by molar-refractivity contribution is 5.81. The SMILES string of the molecule is CC(NC(=O)OCC1c2ccccc2-c2ccccc21)c1nnc(C(=O)O)o1. The predicted octanol–water partition coefficient (Wildman–Crippen LogP) is 3.37. The zero-order chi connectivity index (χ0) is 19.7. The summed E-state index contributed by atoms with van der Waals surface area (Å²) in [6.07, 6.45) is -0.649. The molecule has 2 aromatic carbocycles. The molecule has 4 rings (SSSR count). The van der Waals surface area contributed by atoms with Crippen molar-refractivity contribution in [1.29, 1.82) is 0 Å². The van der Waals surface area contributed by atoms with Crippen LogP contribution in [0.15, 0.2) is 52.9 Å². The van der Waals surface area contributed by atoms with Gasteiger partial charge in [0.2, 0.25) is 5.89 Å². The van der Waals surface area contributed by atoms with Gasteiger partial charge in [-0.3, -0.25) is 0 Å². The molecule has 0 saturated carbocycles. The second-order valence-corrected chi connectivity index (χ2v) is 6.44. The minimum atomic E-state index is -1.33. The molecule has 0 fully saturated rings. The van der Waals surface area contributed by atoms with Gasteiger partial charge in [0.25, 0.3) is 0 Å². The molecule has 1 atom stereocenters. The van der Waals surface area contributed by atoms with Crippen LogP contribution in [0.25, 0.3) is 11.1 Å². The number of carboxylic acids is 1. The second kappa shape index (κ2) is 7.15. The van der Waals surface area contributed by atoms with Gasteiger partial charge in [-0.2, -0.15) is 0 Å². The van der Waals surface area contributed by atoms with Gasteiger partial charge in [0.05, 0.1) is 0 Å². The number of fused-ring (bicyclic) bond motifs is 3. The van der Waals surface area contributed by atoms with Crippen molar-refractivity contribution in [3.63, 3.8) is 0 Å². The molecule has 142 valence electrons. The number of ether oxygens (including phenoxy) is 1. The van der Waals surface area contributed by atoms with E-state index < -0.39 is 24.0 Å². The van der Waals surface area contributed by atoms with E-state index in [4.69, 9.17) is 14.3 Å². The lowest BCUT2D eigenvalue weighted by Gasteiger charge is -2.15. The molecule has 2 N–H and O–H groups in total. The molecule has 1 aliphatic carbocycles. The molecule has 0 spiro atoms. The second-order valence-electron chi connectivity index (χ2n) is 6.44. The number of hydrogen-bond acceptors (Lipinski definition) is 6. The Labute approximate surface area is 160 Å². The fourth-order valence-corrected chi connectivity index (χ4v) is 3.37. The van der Waals surface area contributed by atoms with Crippen molar-refractivity contribution in [2.45, 2.75) is 18.9 Å². The molecule has 1 unspecified atom stereocenters. The maximum Gasteiger partial charge on any atom is 0.407 e. The summed E-state index contributed by atoms with van der Waals surface area (Å²) in [7, 11) is 0. The minimum absolute atomic E-state index is 0.00842. The summed E-state index contributed by atoms with van der Waals surface area (Å²) in [5, 5.41) is 18.4. The van der Waals surface area contributed by atoms with Gasteiger partial charge in [0, 0.05) is 5.92 Å². The highest BCUT2D eigenvalue weighted by Crippen LogP contribution is 2.44. The molecule has 8 nitrogen and oxygen atoms in total. The minimum Gasteiger partial charge on any atom is -0.474 e. The smallest absolute Gasteiger partial charge is 0.407 e. The van der Waals surface area contributed by atoms with Crippen LogP contribution in [0.4, 0.5) is 4.79 Å². The molecule has 8 heteroatoms. The monoisotopic (exact) mass is 379 g/mol. The van der Waals surface area contributed by atoms with Crippen molar-refractivity contribution in [3.05, 3.63) is 71.4 Å². The summed E-state index contributed by atoms with van der Waals surface area (Å²) in [6.45, 7) is 1.78. The molecule has 1 aliphatic rings. The molecule has 0 bridgehead atoms. The zero-order valence-corrected chi connectivity index (χ0v) is 15.0. The van der Waals surface area contributed by atoms with Crippen molar-refractivity contribution in [1.82, 2.24) is 15.5 Å². The van der Waals surface area contributed by atoms with Crippen LogP contribution in [0.1, 0.15) is 46.6 Å². The van der Waals surface area contributed by atoms with Crippen LogP contribution in [0.3, 0.4) is 0 Å². The third-order valence-electron chi connectivity index (χ3n) is 4.67. The molecule has 28 heavy (non-hydrogen) atoms. The predicted molar refractivity (Wildman–Crippen MR) is 97.9 cm³/mol. The van der Waals surface area contributed by atoms with Gasteiger partial charge in [0.15, 0.2) is 0 Å². The summed E-state index contributed by atoms with van der Waals surface area (Å²) >= 11 is 0. The number of carbonyl (C=O) groups excluding carboxylic acids is 1.